The van der Waals surface area contributed by atoms with Crippen LogP contribution in [0.5, 0.6) is 0 Å². The molecular weight excluding hydrogens is 307 g/mol. The molecule has 4 heteroatoms. The first-order valence-electron chi connectivity index (χ1n) is 6.10. The van der Waals surface area contributed by atoms with Crippen molar-refractivity contribution >= 4 is 15.9 Å². The Kier molecular flexibility index (Phi) is 4.32. The summed E-state index contributed by atoms with van der Waals surface area (Å²) in [7, 11) is 0. The zero-order valence-electron chi connectivity index (χ0n) is 10.7. The third-order valence-corrected chi connectivity index (χ3v) is 4.02. The second-order valence-corrected chi connectivity index (χ2v) is 5.75. The van der Waals surface area contributed by atoms with Gasteiger partial charge in [-0.15, -0.1) is 0 Å². The highest BCUT2D eigenvalue weighted by molar-refractivity contribution is 9.10. The summed E-state index contributed by atoms with van der Waals surface area (Å²) in [5, 5.41) is 0. The highest BCUT2D eigenvalue weighted by Gasteiger charge is 2.30. The summed E-state index contributed by atoms with van der Waals surface area (Å²) in [6.07, 6.45) is 4.15. The van der Waals surface area contributed by atoms with Gasteiger partial charge in [-0.25, -0.2) is 4.39 Å². The molecule has 0 amide bonds. The summed E-state index contributed by atoms with van der Waals surface area (Å²) in [6.45, 7) is 2.35. The monoisotopic (exact) mass is 322 g/mol. The predicted octanol–water partition coefficient (Wildman–Crippen LogP) is 3.44. The van der Waals surface area contributed by atoms with E-state index in [1.807, 2.05) is 25.1 Å². The predicted molar refractivity (Wildman–Crippen MR) is 78.4 cm³/mol. The standard InChI is InChI=1S/C15H16BrFN2/c1-15(10-18,9-11-5-7-19-8-6-11)14-12(16)3-2-4-13(14)17/h2-8H,9-10,18H2,1H3. The highest BCUT2D eigenvalue weighted by atomic mass is 79.9. The van der Waals surface area contributed by atoms with E-state index in [0.29, 0.717) is 18.5 Å². The van der Waals surface area contributed by atoms with Gasteiger partial charge in [-0.05, 0) is 36.2 Å². The van der Waals surface area contributed by atoms with Gasteiger partial charge in [0.15, 0.2) is 0 Å². The number of hydrogen-bond acceptors (Lipinski definition) is 2. The van der Waals surface area contributed by atoms with Gasteiger partial charge < -0.3 is 5.73 Å². The van der Waals surface area contributed by atoms with E-state index in [-0.39, 0.29) is 5.82 Å². The zero-order chi connectivity index (χ0) is 13.9. The number of benzene rings is 1. The van der Waals surface area contributed by atoms with Crippen LogP contribution in [-0.2, 0) is 11.8 Å². The van der Waals surface area contributed by atoms with E-state index in [0.717, 1.165) is 10.0 Å². The molecule has 1 atom stereocenters. The first-order chi connectivity index (χ1) is 9.07. The molecule has 0 radical (unpaired) electrons. The average molecular weight is 323 g/mol. The van der Waals surface area contributed by atoms with E-state index in [2.05, 4.69) is 20.9 Å². The van der Waals surface area contributed by atoms with Crippen molar-refractivity contribution in [3.8, 4) is 0 Å². The van der Waals surface area contributed by atoms with Crippen molar-refractivity contribution in [3.63, 3.8) is 0 Å². The van der Waals surface area contributed by atoms with Crippen molar-refractivity contribution in [2.45, 2.75) is 18.8 Å². The van der Waals surface area contributed by atoms with Crippen LogP contribution in [0.2, 0.25) is 0 Å². The third-order valence-electron chi connectivity index (χ3n) is 3.36. The molecule has 0 fully saturated rings. The van der Waals surface area contributed by atoms with Crippen LogP contribution in [0, 0.1) is 5.82 Å². The van der Waals surface area contributed by atoms with Crippen molar-refractivity contribution in [1.29, 1.82) is 0 Å². The lowest BCUT2D eigenvalue weighted by Crippen LogP contribution is -2.35. The van der Waals surface area contributed by atoms with Crippen molar-refractivity contribution < 1.29 is 4.39 Å². The molecule has 1 aromatic carbocycles. The molecule has 2 rings (SSSR count). The topological polar surface area (TPSA) is 38.9 Å². The smallest absolute Gasteiger partial charge is 0.128 e. The van der Waals surface area contributed by atoms with Crippen molar-refractivity contribution in [2.75, 3.05) is 6.54 Å². The number of nitrogens with zero attached hydrogens (tertiary/aromatic N) is 1. The van der Waals surface area contributed by atoms with E-state index < -0.39 is 5.41 Å². The summed E-state index contributed by atoms with van der Waals surface area (Å²) < 4.78 is 14.9. The molecule has 0 aliphatic rings. The molecule has 0 aliphatic carbocycles. The van der Waals surface area contributed by atoms with Gasteiger partial charge >= 0.3 is 0 Å². The highest BCUT2D eigenvalue weighted by Crippen LogP contribution is 2.34. The fourth-order valence-corrected chi connectivity index (χ4v) is 3.11. The molecule has 19 heavy (non-hydrogen) atoms. The van der Waals surface area contributed by atoms with Crippen LogP contribution in [0.4, 0.5) is 4.39 Å². The summed E-state index contributed by atoms with van der Waals surface area (Å²) >= 11 is 3.43. The molecule has 0 aliphatic heterocycles. The average Bonchev–Trinajstić information content (AvgIpc) is 2.39. The molecule has 2 N–H and O–H groups in total. The maximum absolute atomic E-state index is 14.1. The summed E-state index contributed by atoms with van der Waals surface area (Å²) in [4.78, 5) is 3.99. The first-order valence-corrected chi connectivity index (χ1v) is 6.89. The first kappa shape index (κ1) is 14.2. The molecule has 1 heterocycles. The lowest BCUT2D eigenvalue weighted by Gasteiger charge is -2.30. The van der Waals surface area contributed by atoms with Gasteiger partial charge in [0.2, 0.25) is 0 Å². The van der Waals surface area contributed by atoms with Crippen LogP contribution in [0.3, 0.4) is 0 Å². The fraction of sp³-hybridized carbons (Fsp3) is 0.267. The Hall–Kier alpha value is -1.26. The Morgan fingerprint density at radius 3 is 2.53 bits per heavy atom. The minimum absolute atomic E-state index is 0.226. The molecule has 1 aromatic heterocycles. The number of hydrogen-bond donors (Lipinski definition) is 1. The molecule has 100 valence electrons. The number of nitrogens with two attached hydrogens (primary N) is 1. The number of halogens is 2. The number of pyridine rings is 1. The van der Waals surface area contributed by atoms with Crippen LogP contribution >= 0.6 is 15.9 Å². The Labute approximate surface area is 121 Å². The molecule has 0 bridgehead atoms. The molecule has 0 saturated heterocycles. The summed E-state index contributed by atoms with van der Waals surface area (Å²) in [5.74, 6) is -0.226. The zero-order valence-corrected chi connectivity index (χ0v) is 12.3. The Bertz CT molecular complexity index is 539. The second-order valence-electron chi connectivity index (χ2n) is 4.89. The van der Waals surface area contributed by atoms with Gasteiger partial charge in [0.25, 0.3) is 0 Å². The van der Waals surface area contributed by atoms with Crippen molar-refractivity contribution in [1.82, 2.24) is 4.98 Å². The maximum atomic E-state index is 14.1. The van der Waals surface area contributed by atoms with Crippen LogP contribution in [0.15, 0.2) is 47.2 Å². The maximum Gasteiger partial charge on any atom is 0.128 e. The van der Waals surface area contributed by atoms with E-state index in [4.69, 9.17) is 5.73 Å². The van der Waals surface area contributed by atoms with Gasteiger partial charge in [-0.1, -0.05) is 28.9 Å². The number of rotatable bonds is 4. The largest absolute Gasteiger partial charge is 0.330 e. The Morgan fingerprint density at radius 2 is 1.95 bits per heavy atom. The van der Waals surface area contributed by atoms with Crippen LogP contribution in [0.1, 0.15) is 18.1 Å². The fourth-order valence-electron chi connectivity index (χ4n) is 2.29. The lowest BCUT2D eigenvalue weighted by atomic mass is 9.77. The van der Waals surface area contributed by atoms with E-state index in [1.54, 1.807) is 18.5 Å². The van der Waals surface area contributed by atoms with Crippen LogP contribution in [0.25, 0.3) is 0 Å². The molecule has 2 nitrogen and oxygen atoms in total. The Balaban J connectivity index is 2.43. The normalized spacial score (nSPS) is 14.1. The quantitative estimate of drug-likeness (QED) is 0.936. The number of aromatic nitrogens is 1. The Morgan fingerprint density at radius 1 is 1.26 bits per heavy atom. The van der Waals surface area contributed by atoms with Crippen molar-refractivity contribution in [2.24, 2.45) is 5.73 Å². The van der Waals surface area contributed by atoms with E-state index >= 15 is 0 Å². The van der Waals surface area contributed by atoms with Gasteiger partial charge in [-0.3, -0.25) is 4.98 Å². The van der Waals surface area contributed by atoms with Gasteiger partial charge in [0, 0.05) is 34.4 Å². The van der Waals surface area contributed by atoms with Gasteiger partial charge in [-0.2, -0.15) is 0 Å². The van der Waals surface area contributed by atoms with E-state index in [9.17, 15) is 4.39 Å². The molecule has 2 aromatic rings. The summed E-state index contributed by atoms with van der Waals surface area (Å²) in [6, 6.07) is 8.87. The molecule has 1 unspecified atom stereocenters. The van der Waals surface area contributed by atoms with Crippen molar-refractivity contribution in [3.05, 3.63) is 64.1 Å². The van der Waals surface area contributed by atoms with Gasteiger partial charge in [0.1, 0.15) is 5.82 Å². The van der Waals surface area contributed by atoms with Crippen LogP contribution < -0.4 is 5.73 Å². The minimum atomic E-state index is -0.453. The lowest BCUT2D eigenvalue weighted by molar-refractivity contribution is 0.447. The van der Waals surface area contributed by atoms with E-state index in [1.165, 1.54) is 6.07 Å². The third kappa shape index (κ3) is 3.01. The molecule has 0 spiro atoms. The summed E-state index contributed by atoms with van der Waals surface area (Å²) in [5.41, 5.74) is 7.20. The second kappa shape index (κ2) is 5.80. The molecular formula is C15H16BrFN2. The molecule has 0 saturated carbocycles. The van der Waals surface area contributed by atoms with Crippen LogP contribution in [-0.4, -0.2) is 11.5 Å². The minimum Gasteiger partial charge on any atom is -0.330 e. The SMILES string of the molecule is CC(CN)(Cc1ccncc1)c1c(F)cccc1Br. The van der Waals surface area contributed by atoms with Gasteiger partial charge in [0.05, 0.1) is 0 Å².